The number of guanidine groups is 1. The fraction of sp³-hybridized carbons (Fsp3) is 0.733. The van der Waals surface area contributed by atoms with E-state index in [1.807, 2.05) is 20.2 Å². The molecule has 1 aliphatic rings. The molecule has 1 saturated heterocycles. The van der Waals surface area contributed by atoms with Gasteiger partial charge in [-0.15, -0.1) is 11.3 Å². The van der Waals surface area contributed by atoms with Gasteiger partial charge in [-0.3, -0.25) is 4.99 Å². The molecule has 0 aromatic carbocycles. The van der Waals surface area contributed by atoms with Crippen molar-refractivity contribution in [1.82, 2.24) is 15.2 Å². The number of thiazole rings is 1. The van der Waals surface area contributed by atoms with Gasteiger partial charge in [-0.2, -0.15) is 0 Å². The van der Waals surface area contributed by atoms with Gasteiger partial charge in [0.05, 0.1) is 13.2 Å². The molecule has 1 aliphatic heterocycles. The second-order valence-corrected chi connectivity index (χ2v) is 6.43. The van der Waals surface area contributed by atoms with E-state index in [1.54, 1.807) is 11.3 Å². The summed E-state index contributed by atoms with van der Waals surface area (Å²) in [6, 6.07) is 0. The standard InChI is InChI=1S/C15H26N4OS/c1-4-13-8-17-14(21-13)9-18-15(16-3)19-7-6-12(10-19)11-20-5-2/h8,12H,4-7,9-11H2,1-3H3,(H,16,18). The van der Waals surface area contributed by atoms with E-state index in [0.29, 0.717) is 5.92 Å². The Labute approximate surface area is 131 Å². The van der Waals surface area contributed by atoms with E-state index in [-0.39, 0.29) is 0 Å². The van der Waals surface area contributed by atoms with Gasteiger partial charge in [-0.25, -0.2) is 4.98 Å². The number of aryl methyl sites for hydroxylation is 1. The van der Waals surface area contributed by atoms with Crippen molar-refractivity contribution in [3.8, 4) is 0 Å². The monoisotopic (exact) mass is 310 g/mol. The van der Waals surface area contributed by atoms with Crippen molar-refractivity contribution < 1.29 is 4.74 Å². The Balaban J connectivity index is 1.81. The van der Waals surface area contributed by atoms with Crippen molar-refractivity contribution in [3.05, 3.63) is 16.1 Å². The number of rotatable bonds is 6. The Morgan fingerprint density at radius 3 is 3.10 bits per heavy atom. The molecule has 2 heterocycles. The van der Waals surface area contributed by atoms with Gasteiger partial charge >= 0.3 is 0 Å². The van der Waals surface area contributed by atoms with Crippen molar-refractivity contribution in [2.75, 3.05) is 33.4 Å². The summed E-state index contributed by atoms with van der Waals surface area (Å²) in [5.74, 6) is 1.59. The van der Waals surface area contributed by atoms with Crippen LogP contribution in [0.4, 0.5) is 0 Å². The smallest absolute Gasteiger partial charge is 0.194 e. The van der Waals surface area contributed by atoms with Gasteiger partial charge in [0, 0.05) is 43.7 Å². The average molecular weight is 310 g/mol. The molecule has 1 fully saturated rings. The summed E-state index contributed by atoms with van der Waals surface area (Å²) in [7, 11) is 1.84. The van der Waals surface area contributed by atoms with Crippen molar-refractivity contribution in [2.45, 2.75) is 33.2 Å². The molecule has 1 aromatic rings. The summed E-state index contributed by atoms with van der Waals surface area (Å²) in [5.41, 5.74) is 0. The number of ether oxygens (including phenoxy) is 1. The Bertz CT molecular complexity index is 460. The van der Waals surface area contributed by atoms with E-state index in [2.05, 4.69) is 27.1 Å². The van der Waals surface area contributed by atoms with Crippen LogP contribution in [0.25, 0.3) is 0 Å². The van der Waals surface area contributed by atoms with E-state index in [9.17, 15) is 0 Å². The quantitative estimate of drug-likeness (QED) is 0.646. The molecule has 0 aliphatic carbocycles. The predicted molar refractivity (Wildman–Crippen MR) is 87.9 cm³/mol. The first-order chi connectivity index (χ1) is 10.3. The lowest BCUT2D eigenvalue weighted by Crippen LogP contribution is -2.39. The number of nitrogens with zero attached hydrogens (tertiary/aromatic N) is 3. The van der Waals surface area contributed by atoms with Gasteiger partial charge in [-0.05, 0) is 19.8 Å². The number of hydrogen-bond donors (Lipinski definition) is 1. The first-order valence-corrected chi connectivity index (χ1v) is 8.55. The zero-order chi connectivity index (χ0) is 15.1. The van der Waals surface area contributed by atoms with Gasteiger partial charge < -0.3 is 15.0 Å². The molecule has 1 atom stereocenters. The maximum absolute atomic E-state index is 5.53. The lowest BCUT2D eigenvalue weighted by Gasteiger charge is -2.21. The summed E-state index contributed by atoms with van der Waals surface area (Å²) in [5, 5.41) is 4.55. The molecule has 6 heteroatoms. The molecule has 0 amide bonds. The topological polar surface area (TPSA) is 49.8 Å². The van der Waals surface area contributed by atoms with Gasteiger partial charge in [0.25, 0.3) is 0 Å². The Hall–Kier alpha value is -1.14. The number of aromatic nitrogens is 1. The molecule has 0 bridgehead atoms. The number of likely N-dealkylation sites (tertiary alicyclic amines) is 1. The van der Waals surface area contributed by atoms with Gasteiger partial charge in [0.1, 0.15) is 5.01 Å². The fourth-order valence-corrected chi connectivity index (χ4v) is 3.33. The van der Waals surface area contributed by atoms with E-state index in [1.165, 1.54) is 11.3 Å². The molecule has 118 valence electrons. The third-order valence-corrected chi connectivity index (χ3v) is 4.84. The first-order valence-electron chi connectivity index (χ1n) is 7.73. The zero-order valence-corrected chi connectivity index (χ0v) is 14.1. The molecule has 5 nitrogen and oxygen atoms in total. The normalized spacial score (nSPS) is 19.3. The number of aliphatic imine (C=N–C) groups is 1. The van der Waals surface area contributed by atoms with Crippen LogP contribution in [0.15, 0.2) is 11.2 Å². The third kappa shape index (κ3) is 4.68. The molecule has 0 radical (unpaired) electrons. The SMILES string of the molecule is CCOCC1CCN(C(=NC)NCc2ncc(CC)s2)C1. The van der Waals surface area contributed by atoms with Crippen molar-refractivity contribution >= 4 is 17.3 Å². The number of nitrogens with one attached hydrogen (secondary N) is 1. The highest BCUT2D eigenvalue weighted by Crippen LogP contribution is 2.17. The molecule has 1 N–H and O–H groups in total. The first kappa shape index (κ1) is 16.2. The van der Waals surface area contributed by atoms with Crippen LogP contribution >= 0.6 is 11.3 Å². The van der Waals surface area contributed by atoms with Gasteiger partial charge in [-0.1, -0.05) is 6.92 Å². The largest absolute Gasteiger partial charge is 0.381 e. The molecular weight excluding hydrogens is 284 g/mol. The molecule has 1 aromatic heterocycles. The van der Waals surface area contributed by atoms with E-state index in [4.69, 9.17) is 4.74 Å². The Morgan fingerprint density at radius 2 is 2.43 bits per heavy atom. The van der Waals surface area contributed by atoms with Crippen LogP contribution in [-0.4, -0.2) is 49.2 Å². The lowest BCUT2D eigenvalue weighted by atomic mass is 10.1. The second kappa shape index (κ2) is 8.34. The molecule has 0 spiro atoms. The average Bonchev–Trinajstić information content (AvgIpc) is 3.15. The van der Waals surface area contributed by atoms with Crippen LogP contribution in [0.2, 0.25) is 0 Å². The zero-order valence-electron chi connectivity index (χ0n) is 13.3. The molecule has 2 rings (SSSR count). The highest BCUT2D eigenvalue weighted by Gasteiger charge is 2.24. The van der Waals surface area contributed by atoms with Crippen LogP contribution in [0.1, 0.15) is 30.2 Å². The minimum Gasteiger partial charge on any atom is -0.381 e. The maximum Gasteiger partial charge on any atom is 0.194 e. The summed E-state index contributed by atoms with van der Waals surface area (Å²) in [6.07, 6.45) is 4.20. The van der Waals surface area contributed by atoms with Gasteiger partial charge in [0.15, 0.2) is 5.96 Å². The summed E-state index contributed by atoms with van der Waals surface area (Å²) >= 11 is 1.77. The third-order valence-electron chi connectivity index (χ3n) is 3.70. The van der Waals surface area contributed by atoms with Crippen LogP contribution in [-0.2, 0) is 17.7 Å². The minimum atomic E-state index is 0.620. The van der Waals surface area contributed by atoms with Crippen molar-refractivity contribution in [2.24, 2.45) is 10.9 Å². The Kier molecular flexibility index (Phi) is 6.45. The summed E-state index contributed by atoms with van der Waals surface area (Å²) < 4.78 is 5.53. The van der Waals surface area contributed by atoms with E-state index < -0.39 is 0 Å². The molecule has 1 unspecified atom stereocenters. The molecule has 0 saturated carbocycles. The van der Waals surface area contributed by atoms with Crippen molar-refractivity contribution in [3.63, 3.8) is 0 Å². The lowest BCUT2D eigenvalue weighted by molar-refractivity contribution is 0.114. The summed E-state index contributed by atoms with van der Waals surface area (Å²) in [4.78, 5) is 12.5. The molecular formula is C15H26N4OS. The number of hydrogen-bond acceptors (Lipinski definition) is 4. The molecule has 21 heavy (non-hydrogen) atoms. The van der Waals surface area contributed by atoms with Crippen LogP contribution < -0.4 is 5.32 Å². The van der Waals surface area contributed by atoms with E-state index in [0.717, 1.165) is 50.2 Å². The fourth-order valence-electron chi connectivity index (χ4n) is 2.53. The van der Waals surface area contributed by atoms with Crippen molar-refractivity contribution in [1.29, 1.82) is 0 Å². The highest BCUT2D eigenvalue weighted by molar-refractivity contribution is 7.11. The van der Waals surface area contributed by atoms with E-state index >= 15 is 0 Å². The highest BCUT2D eigenvalue weighted by atomic mass is 32.1. The van der Waals surface area contributed by atoms with Gasteiger partial charge in [0.2, 0.25) is 0 Å². The van der Waals surface area contributed by atoms with Crippen LogP contribution in [0.5, 0.6) is 0 Å². The minimum absolute atomic E-state index is 0.620. The maximum atomic E-state index is 5.53. The summed E-state index contributed by atoms with van der Waals surface area (Å²) in [6.45, 7) is 8.69. The predicted octanol–water partition coefficient (Wildman–Crippen LogP) is 2.14. The second-order valence-electron chi connectivity index (χ2n) is 5.23. The Morgan fingerprint density at radius 1 is 1.57 bits per heavy atom. The van der Waals surface area contributed by atoms with Crippen LogP contribution in [0, 0.1) is 5.92 Å². The van der Waals surface area contributed by atoms with Crippen LogP contribution in [0.3, 0.4) is 0 Å².